The minimum atomic E-state index is -0.147. The zero-order valence-corrected chi connectivity index (χ0v) is 13.7. The molecule has 110 valence electrons. The molecule has 0 atom stereocenters. The number of hydrogen-bond donors (Lipinski definition) is 0. The van der Waals surface area contributed by atoms with Crippen molar-refractivity contribution in [3.63, 3.8) is 0 Å². The highest BCUT2D eigenvalue weighted by Gasteiger charge is 2.18. The Kier molecular flexibility index (Phi) is 2.81. The predicted molar refractivity (Wildman–Crippen MR) is 92.4 cm³/mol. The summed E-state index contributed by atoms with van der Waals surface area (Å²) < 4.78 is 4.25. The molecule has 0 radical (unpaired) electrons. The van der Waals surface area contributed by atoms with Gasteiger partial charge in [0.1, 0.15) is 12.6 Å². The minimum Gasteiger partial charge on any atom is -0.413 e. The number of rotatable bonds is 1. The molecule has 0 spiro atoms. The molecule has 4 rings (SSSR count). The Labute approximate surface area is 134 Å². The Balaban J connectivity index is 2.45. The average Bonchev–Trinajstić information content (AvgIpc) is 2.83. The van der Waals surface area contributed by atoms with Crippen LogP contribution in [0.4, 0.5) is 0 Å². The van der Waals surface area contributed by atoms with E-state index in [1.165, 1.54) is 11.8 Å². The summed E-state index contributed by atoms with van der Waals surface area (Å²) in [7, 11) is 3.42. The topological polar surface area (TPSA) is 36.2 Å². The molecule has 0 unspecified atom stereocenters. The Hall–Kier alpha value is -2.27. The highest BCUT2D eigenvalue weighted by Crippen LogP contribution is 2.33. The van der Waals surface area contributed by atoms with Gasteiger partial charge in [-0.15, -0.1) is 4.73 Å². The van der Waals surface area contributed by atoms with Crippen LogP contribution in [0.3, 0.4) is 0 Å². The molecule has 2 aromatic carbocycles. The van der Waals surface area contributed by atoms with Crippen molar-refractivity contribution in [2.45, 2.75) is 0 Å². The van der Waals surface area contributed by atoms with Crippen LogP contribution in [0.2, 0.25) is 0 Å². The molecule has 0 saturated carbocycles. The maximum atomic E-state index is 12.9. The Morgan fingerprint density at radius 3 is 2.59 bits per heavy atom. The summed E-state index contributed by atoms with van der Waals surface area (Å²) in [6.07, 6.45) is 0. The van der Waals surface area contributed by atoms with Gasteiger partial charge in [0.25, 0.3) is 0 Å². The Morgan fingerprint density at radius 1 is 1.05 bits per heavy atom. The van der Waals surface area contributed by atoms with E-state index in [0.717, 1.165) is 31.7 Å². The number of hydrogen-bond acceptors (Lipinski definition) is 2. The highest BCUT2D eigenvalue weighted by molar-refractivity contribution is 9.10. The van der Waals surface area contributed by atoms with E-state index in [0.29, 0.717) is 5.52 Å². The Bertz CT molecular complexity index is 1110. The van der Waals surface area contributed by atoms with Gasteiger partial charge in [0, 0.05) is 33.2 Å². The fourth-order valence-electron chi connectivity index (χ4n) is 3.19. The number of halogens is 1. The summed E-state index contributed by atoms with van der Waals surface area (Å²) in [6, 6.07) is 13.9. The van der Waals surface area contributed by atoms with Gasteiger partial charge in [0.05, 0.1) is 5.52 Å². The summed E-state index contributed by atoms with van der Waals surface area (Å²) in [5.41, 5.74) is 2.30. The van der Waals surface area contributed by atoms with Crippen LogP contribution in [0.5, 0.6) is 0 Å². The van der Waals surface area contributed by atoms with E-state index in [-0.39, 0.29) is 5.56 Å². The van der Waals surface area contributed by atoms with Gasteiger partial charge in [-0.1, -0.05) is 34.1 Å². The third kappa shape index (κ3) is 1.60. The van der Waals surface area contributed by atoms with Crippen LogP contribution >= 0.6 is 15.9 Å². The van der Waals surface area contributed by atoms with Crippen molar-refractivity contribution in [3.8, 4) is 0 Å². The maximum absolute atomic E-state index is 12.9. The molecular formula is C17H13BrN2O2. The van der Waals surface area contributed by atoms with Gasteiger partial charge < -0.3 is 9.40 Å². The van der Waals surface area contributed by atoms with Gasteiger partial charge in [0.15, 0.2) is 0 Å². The van der Waals surface area contributed by atoms with Crippen LogP contribution in [-0.2, 0) is 7.05 Å². The van der Waals surface area contributed by atoms with Crippen molar-refractivity contribution >= 4 is 48.6 Å². The van der Waals surface area contributed by atoms with Gasteiger partial charge in [-0.2, -0.15) is 0 Å². The van der Waals surface area contributed by atoms with E-state index in [2.05, 4.69) is 22.0 Å². The van der Waals surface area contributed by atoms with Crippen molar-refractivity contribution in [3.05, 3.63) is 57.3 Å². The third-order valence-electron chi connectivity index (χ3n) is 4.12. The van der Waals surface area contributed by atoms with Crippen molar-refractivity contribution in [1.82, 2.24) is 9.30 Å². The molecule has 0 bridgehead atoms. The number of pyridine rings is 1. The summed E-state index contributed by atoms with van der Waals surface area (Å²) in [4.78, 5) is 18.2. The van der Waals surface area contributed by atoms with Crippen LogP contribution in [-0.4, -0.2) is 16.4 Å². The van der Waals surface area contributed by atoms with E-state index in [4.69, 9.17) is 4.84 Å². The molecule has 0 aliphatic heterocycles. The summed E-state index contributed by atoms with van der Waals surface area (Å²) >= 11 is 3.52. The molecule has 0 amide bonds. The standard InChI is InChI=1S/C17H13BrN2O2/c1-19-13-6-4-3-5-11(13)15-12-9-10(18)7-8-14(12)20(22-2)17(21)16(15)19/h3-9H,1-2H3. The third-order valence-corrected chi connectivity index (χ3v) is 4.62. The minimum absolute atomic E-state index is 0.147. The number of benzene rings is 2. The molecule has 4 aromatic rings. The fourth-order valence-corrected chi connectivity index (χ4v) is 3.55. The second-order valence-corrected chi connectivity index (χ2v) is 6.16. The molecule has 4 nitrogen and oxygen atoms in total. The quantitative estimate of drug-likeness (QED) is 0.523. The van der Waals surface area contributed by atoms with E-state index < -0.39 is 0 Å². The zero-order valence-electron chi connectivity index (χ0n) is 12.1. The molecule has 22 heavy (non-hydrogen) atoms. The summed E-state index contributed by atoms with van der Waals surface area (Å²) in [6.45, 7) is 0. The molecular weight excluding hydrogens is 344 g/mol. The van der Waals surface area contributed by atoms with Crippen LogP contribution in [0, 0.1) is 0 Å². The smallest absolute Gasteiger partial charge is 0.308 e. The lowest BCUT2D eigenvalue weighted by molar-refractivity contribution is 0.170. The molecule has 2 aromatic heterocycles. The maximum Gasteiger partial charge on any atom is 0.308 e. The van der Waals surface area contributed by atoms with Crippen molar-refractivity contribution in [2.75, 3.05) is 7.11 Å². The lowest BCUT2D eigenvalue weighted by Gasteiger charge is -2.10. The average molecular weight is 357 g/mol. The molecule has 0 saturated heterocycles. The zero-order chi connectivity index (χ0) is 15.4. The van der Waals surface area contributed by atoms with E-state index in [1.54, 1.807) is 0 Å². The first-order valence-electron chi connectivity index (χ1n) is 6.89. The van der Waals surface area contributed by atoms with Crippen molar-refractivity contribution in [2.24, 2.45) is 7.05 Å². The first-order valence-corrected chi connectivity index (χ1v) is 7.68. The lowest BCUT2D eigenvalue weighted by atomic mass is 10.1. The lowest BCUT2D eigenvalue weighted by Crippen LogP contribution is -2.26. The van der Waals surface area contributed by atoms with Gasteiger partial charge in [0.2, 0.25) is 0 Å². The van der Waals surface area contributed by atoms with Gasteiger partial charge in [-0.05, 0) is 24.3 Å². The van der Waals surface area contributed by atoms with Crippen molar-refractivity contribution in [1.29, 1.82) is 0 Å². The number of fused-ring (bicyclic) bond motifs is 5. The molecule has 2 heterocycles. The van der Waals surface area contributed by atoms with Crippen LogP contribution in [0.1, 0.15) is 0 Å². The summed E-state index contributed by atoms with van der Waals surface area (Å²) in [5.74, 6) is 0. The molecule has 5 heteroatoms. The Morgan fingerprint density at radius 2 is 1.82 bits per heavy atom. The second kappa shape index (κ2) is 4.61. The van der Waals surface area contributed by atoms with Crippen LogP contribution in [0.25, 0.3) is 32.7 Å². The molecule has 0 aliphatic rings. The predicted octanol–water partition coefficient (Wildman–Crippen LogP) is 3.47. The number of aromatic nitrogens is 2. The van der Waals surface area contributed by atoms with Crippen LogP contribution < -0.4 is 10.4 Å². The monoisotopic (exact) mass is 356 g/mol. The van der Waals surface area contributed by atoms with Gasteiger partial charge in [-0.3, -0.25) is 4.79 Å². The van der Waals surface area contributed by atoms with Crippen LogP contribution in [0.15, 0.2) is 51.7 Å². The first-order chi connectivity index (χ1) is 10.6. The first kappa shape index (κ1) is 13.4. The second-order valence-electron chi connectivity index (χ2n) is 5.24. The largest absolute Gasteiger partial charge is 0.413 e. The van der Waals surface area contributed by atoms with E-state index in [1.807, 2.05) is 48.0 Å². The van der Waals surface area contributed by atoms with E-state index >= 15 is 0 Å². The SMILES string of the molecule is COn1c(=O)c2c(c3cc(Br)ccc31)c1ccccc1n2C. The normalized spacial score (nSPS) is 11.6. The molecule has 0 N–H and O–H groups in total. The summed E-state index contributed by atoms with van der Waals surface area (Å²) in [5, 5.41) is 3.03. The van der Waals surface area contributed by atoms with Crippen molar-refractivity contribution < 1.29 is 4.84 Å². The number of nitrogens with zero attached hydrogens (tertiary/aromatic N) is 2. The van der Waals surface area contributed by atoms with E-state index in [9.17, 15) is 4.79 Å². The van der Waals surface area contributed by atoms with Gasteiger partial charge >= 0.3 is 5.56 Å². The highest BCUT2D eigenvalue weighted by atomic mass is 79.9. The molecule has 0 aliphatic carbocycles. The fraction of sp³-hybridized carbons (Fsp3) is 0.118. The number of aryl methyl sites for hydroxylation is 1. The van der Waals surface area contributed by atoms with Gasteiger partial charge in [-0.25, -0.2) is 0 Å². The number of para-hydroxylation sites is 1. The molecule has 0 fully saturated rings.